The van der Waals surface area contributed by atoms with Gasteiger partial charge in [-0.1, -0.05) is 12.0 Å². The fourth-order valence-corrected chi connectivity index (χ4v) is 4.78. The molecule has 0 aliphatic carbocycles. The molecule has 2 aliphatic rings. The molecule has 4 heterocycles. The molecule has 3 aromatic rings. The molecule has 7 nitrogen and oxygen atoms in total. The van der Waals surface area contributed by atoms with Crippen LogP contribution in [0.2, 0.25) is 0 Å². The van der Waals surface area contributed by atoms with Crippen molar-refractivity contribution in [3.05, 3.63) is 42.4 Å². The summed E-state index contributed by atoms with van der Waals surface area (Å²) in [5, 5.41) is 11.4. The van der Waals surface area contributed by atoms with E-state index in [9.17, 15) is 4.79 Å². The molecule has 1 aromatic carbocycles. The molecule has 2 saturated heterocycles. The first-order chi connectivity index (χ1) is 16.2. The molecule has 0 spiro atoms. The third-order valence-electron chi connectivity index (χ3n) is 6.71. The lowest BCUT2D eigenvalue weighted by Gasteiger charge is -2.30. The van der Waals surface area contributed by atoms with Gasteiger partial charge in [-0.25, -0.2) is 0 Å². The summed E-state index contributed by atoms with van der Waals surface area (Å²) >= 11 is 0. The third kappa shape index (κ3) is 4.71. The van der Waals surface area contributed by atoms with Crippen LogP contribution < -0.4 is 10.2 Å². The molecule has 0 saturated carbocycles. The maximum Gasteiger partial charge on any atom is 0.272 e. The second kappa shape index (κ2) is 9.63. The number of H-pyrrole nitrogens is 1. The van der Waals surface area contributed by atoms with Crippen LogP contribution in [0.15, 0.2) is 36.7 Å². The minimum atomic E-state index is -0.117. The molecule has 0 unspecified atom stereocenters. The number of benzene rings is 1. The summed E-state index contributed by atoms with van der Waals surface area (Å²) in [6.45, 7) is 6.74. The number of piperidine rings is 1. The summed E-state index contributed by atoms with van der Waals surface area (Å²) in [6, 6.07) is 8.45. The summed E-state index contributed by atoms with van der Waals surface area (Å²) in [5.41, 5.74) is 4.56. The molecule has 1 amide bonds. The number of likely N-dealkylation sites (tertiary alicyclic amines) is 1. The summed E-state index contributed by atoms with van der Waals surface area (Å²) in [6.07, 6.45) is 8.14. The van der Waals surface area contributed by atoms with Gasteiger partial charge in [0.1, 0.15) is 0 Å². The van der Waals surface area contributed by atoms with Crippen LogP contribution in [-0.2, 0) is 0 Å². The topological polar surface area (TPSA) is 77.1 Å². The van der Waals surface area contributed by atoms with Gasteiger partial charge < -0.3 is 10.2 Å². The van der Waals surface area contributed by atoms with Crippen molar-refractivity contribution in [1.82, 2.24) is 25.4 Å². The second-order valence-corrected chi connectivity index (χ2v) is 8.91. The number of rotatable bonds is 5. The number of nitrogens with one attached hydrogen (secondary N) is 2. The summed E-state index contributed by atoms with van der Waals surface area (Å²) < 4.78 is 0. The highest BCUT2D eigenvalue weighted by Crippen LogP contribution is 2.29. The van der Waals surface area contributed by atoms with Gasteiger partial charge in [0.05, 0.1) is 23.9 Å². The van der Waals surface area contributed by atoms with Gasteiger partial charge in [-0.15, -0.1) is 5.92 Å². The molecule has 5 rings (SSSR count). The van der Waals surface area contributed by atoms with E-state index in [0.717, 1.165) is 73.3 Å². The van der Waals surface area contributed by atoms with Gasteiger partial charge in [0, 0.05) is 49.4 Å². The van der Waals surface area contributed by atoms with E-state index in [-0.39, 0.29) is 11.9 Å². The van der Waals surface area contributed by atoms with Crippen molar-refractivity contribution < 1.29 is 4.79 Å². The Morgan fingerprint density at radius 1 is 1.12 bits per heavy atom. The third-order valence-corrected chi connectivity index (χ3v) is 6.71. The molecule has 33 heavy (non-hydrogen) atoms. The van der Waals surface area contributed by atoms with E-state index >= 15 is 0 Å². The lowest BCUT2D eigenvalue weighted by atomic mass is 10.0. The standard InChI is InChI=1S/C26H30N6O/c1-2-3-10-31-13-8-21(9-14-31)28-26(33)25-23-16-19(6-7-24(23)29-30-25)20-15-22(18-27-17-20)32-11-4-5-12-32/h6-7,15-18,21H,4-5,8-14H2,1H3,(H,28,33)(H,29,30). The molecular weight excluding hydrogens is 412 g/mol. The van der Waals surface area contributed by atoms with E-state index in [1.54, 1.807) is 0 Å². The number of hydrogen-bond acceptors (Lipinski definition) is 5. The van der Waals surface area contributed by atoms with Crippen LogP contribution in [0.3, 0.4) is 0 Å². The molecule has 170 valence electrons. The van der Waals surface area contributed by atoms with Gasteiger partial charge in [0.2, 0.25) is 0 Å². The lowest BCUT2D eigenvalue weighted by molar-refractivity contribution is 0.0911. The number of aromatic amines is 1. The predicted octanol–water partition coefficient (Wildman–Crippen LogP) is 3.44. The van der Waals surface area contributed by atoms with Crippen LogP contribution in [0.4, 0.5) is 5.69 Å². The minimum absolute atomic E-state index is 0.117. The Morgan fingerprint density at radius 3 is 2.73 bits per heavy atom. The Balaban J connectivity index is 1.32. The monoisotopic (exact) mass is 442 g/mol. The highest BCUT2D eigenvalue weighted by molar-refractivity contribution is 6.05. The number of carbonyl (C=O) groups is 1. The van der Waals surface area contributed by atoms with Gasteiger partial charge in [0.15, 0.2) is 5.69 Å². The first-order valence-corrected chi connectivity index (χ1v) is 11.8. The van der Waals surface area contributed by atoms with Crippen LogP contribution in [0.25, 0.3) is 22.0 Å². The van der Waals surface area contributed by atoms with E-state index in [2.05, 4.69) is 54.3 Å². The van der Waals surface area contributed by atoms with Gasteiger partial charge in [0.25, 0.3) is 5.91 Å². The quantitative estimate of drug-likeness (QED) is 0.592. The maximum absolute atomic E-state index is 13.1. The largest absolute Gasteiger partial charge is 0.370 e. The smallest absolute Gasteiger partial charge is 0.272 e. The van der Waals surface area contributed by atoms with Crippen molar-refractivity contribution in [1.29, 1.82) is 0 Å². The number of anilines is 1. The Labute approximate surface area is 194 Å². The lowest BCUT2D eigenvalue weighted by Crippen LogP contribution is -2.44. The summed E-state index contributed by atoms with van der Waals surface area (Å²) in [7, 11) is 0. The molecule has 0 bridgehead atoms. The van der Waals surface area contributed by atoms with E-state index in [1.165, 1.54) is 12.8 Å². The van der Waals surface area contributed by atoms with Crippen molar-refractivity contribution in [3.8, 4) is 23.0 Å². The van der Waals surface area contributed by atoms with Crippen molar-refractivity contribution in [2.24, 2.45) is 0 Å². The number of nitrogens with zero attached hydrogens (tertiary/aromatic N) is 4. The fraction of sp³-hybridized carbons (Fsp3) is 0.423. The molecule has 7 heteroatoms. The van der Waals surface area contributed by atoms with Gasteiger partial charge in [-0.05, 0) is 56.4 Å². The predicted molar refractivity (Wildman–Crippen MR) is 131 cm³/mol. The molecule has 2 N–H and O–H groups in total. The SMILES string of the molecule is CC#CCN1CCC(NC(=O)c2n[nH]c3ccc(-c4cncc(N5CCCC5)c4)cc23)CC1. The number of aromatic nitrogens is 3. The van der Waals surface area contributed by atoms with Gasteiger partial charge in [-0.3, -0.25) is 19.8 Å². The number of pyridine rings is 1. The van der Waals surface area contributed by atoms with Crippen molar-refractivity contribution in [2.45, 2.75) is 38.6 Å². The zero-order valence-corrected chi connectivity index (χ0v) is 19.1. The fourth-order valence-electron chi connectivity index (χ4n) is 4.78. The molecule has 0 atom stereocenters. The Bertz CT molecular complexity index is 1190. The molecule has 2 aromatic heterocycles. The van der Waals surface area contributed by atoms with Crippen LogP contribution in [0.5, 0.6) is 0 Å². The molecule has 2 aliphatic heterocycles. The highest BCUT2D eigenvalue weighted by Gasteiger charge is 2.23. The molecule has 0 radical (unpaired) electrons. The van der Waals surface area contributed by atoms with E-state index in [0.29, 0.717) is 5.69 Å². The van der Waals surface area contributed by atoms with Crippen LogP contribution >= 0.6 is 0 Å². The zero-order valence-electron chi connectivity index (χ0n) is 19.1. The second-order valence-electron chi connectivity index (χ2n) is 8.91. The Morgan fingerprint density at radius 2 is 1.94 bits per heavy atom. The normalized spacial score (nSPS) is 17.2. The van der Waals surface area contributed by atoms with Crippen molar-refractivity contribution in [2.75, 3.05) is 37.6 Å². The van der Waals surface area contributed by atoms with Gasteiger partial charge >= 0.3 is 0 Å². The summed E-state index contributed by atoms with van der Waals surface area (Å²) in [5.74, 6) is 5.95. The maximum atomic E-state index is 13.1. The summed E-state index contributed by atoms with van der Waals surface area (Å²) in [4.78, 5) is 22.3. The zero-order chi connectivity index (χ0) is 22.6. The van der Waals surface area contributed by atoms with Crippen LogP contribution in [0, 0.1) is 11.8 Å². The Hall–Kier alpha value is -3.37. The average Bonchev–Trinajstić information content (AvgIpc) is 3.54. The highest BCUT2D eigenvalue weighted by atomic mass is 16.2. The van der Waals surface area contributed by atoms with E-state index in [1.807, 2.05) is 31.5 Å². The minimum Gasteiger partial charge on any atom is -0.370 e. The van der Waals surface area contributed by atoms with E-state index in [4.69, 9.17) is 0 Å². The molecular formula is C26H30N6O. The Kier molecular flexibility index (Phi) is 6.27. The van der Waals surface area contributed by atoms with Gasteiger partial charge in [-0.2, -0.15) is 5.10 Å². The van der Waals surface area contributed by atoms with Crippen molar-refractivity contribution in [3.63, 3.8) is 0 Å². The molecule has 2 fully saturated rings. The number of fused-ring (bicyclic) bond motifs is 1. The van der Waals surface area contributed by atoms with Crippen LogP contribution in [0.1, 0.15) is 43.1 Å². The van der Waals surface area contributed by atoms with Crippen molar-refractivity contribution >= 4 is 22.5 Å². The first kappa shape index (κ1) is 21.5. The first-order valence-electron chi connectivity index (χ1n) is 11.8. The van der Waals surface area contributed by atoms with E-state index < -0.39 is 0 Å². The number of hydrogen-bond donors (Lipinski definition) is 2. The number of amides is 1. The van der Waals surface area contributed by atoms with Crippen LogP contribution in [-0.4, -0.2) is 64.8 Å². The average molecular weight is 443 g/mol. The number of carbonyl (C=O) groups excluding carboxylic acids is 1.